The van der Waals surface area contributed by atoms with E-state index >= 15 is 0 Å². The van der Waals surface area contributed by atoms with E-state index in [9.17, 15) is 9.67 Å². The smallest absolute Gasteiger partial charge is 0.188 e. The Morgan fingerprint density at radius 2 is 2.25 bits per heavy atom. The van der Waals surface area contributed by atoms with Gasteiger partial charge >= 0.3 is 0 Å². The first kappa shape index (κ1) is 13.3. The minimum absolute atomic E-state index is 0. The second-order valence-corrected chi connectivity index (χ2v) is 4.10. The molecule has 0 aromatic carbocycles. The fourth-order valence-corrected chi connectivity index (χ4v) is 1.96. The maximum atomic E-state index is 10.7. The van der Waals surface area contributed by atoms with E-state index < -0.39 is 8.03 Å². The summed E-state index contributed by atoms with van der Waals surface area (Å²) in [7, 11) is -1.84. The Hall–Kier alpha value is 1.25. The van der Waals surface area contributed by atoms with E-state index in [0.717, 1.165) is 12.8 Å². The summed E-state index contributed by atoms with van der Waals surface area (Å²) >= 11 is 0. The van der Waals surface area contributed by atoms with Gasteiger partial charge in [-0.3, -0.25) is 4.57 Å². The zero-order chi connectivity index (χ0) is 8.27. The number of hydrogen-bond acceptors (Lipinski definition) is 3. The van der Waals surface area contributed by atoms with Crippen LogP contribution in [0.2, 0.25) is 0 Å². The second kappa shape index (κ2) is 6.67. The Balaban J connectivity index is 0.00000121. The van der Waals surface area contributed by atoms with Crippen LogP contribution in [-0.2, 0) is 41.8 Å². The van der Waals surface area contributed by atoms with Gasteiger partial charge in [-0.25, -0.2) is 0 Å². The molecule has 0 spiro atoms. The van der Waals surface area contributed by atoms with Crippen molar-refractivity contribution in [2.24, 2.45) is 0 Å². The van der Waals surface area contributed by atoms with Crippen molar-refractivity contribution in [3.63, 3.8) is 0 Å². The van der Waals surface area contributed by atoms with E-state index in [1.807, 2.05) is 6.42 Å². The predicted molar refractivity (Wildman–Crippen MR) is 44.0 cm³/mol. The van der Waals surface area contributed by atoms with Crippen LogP contribution in [0.15, 0.2) is 0 Å². The Labute approximate surface area is 99.0 Å². The van der Waals surface area contributed by atoms with E-state index in [4.69, 9.17) is 4.52 Å². The molecular weight excluding hydrogens is 252 g/mol. The standard InChI is InChI=1S/C7H14O3P.Y/c1-11(9)10-7-4-2-3-6(8)5-7;/h2,6-8,11H,3-5H2,1H3;/q-1;. The van der Waals surface area contributed by atoms with Crippen molar-refractivity contribution >= 4 is 8.03 Å². The molecule has 69 valence electrons. The summed E-state index contributed by atoms with van der Waals surface area (Å²) in [4.78, 5) is 0. The predicted octanol–water partition coefficient (Wildman–Crippen LogP) is 1.22. The number of aliphatic hydroxyl groups excluding tert-OH is 1. The summed E-state index contributed by atoms with van der Waals surface area (Å²) in [6.07, 6.45) is 3.86. The molecule has 0 aliphatic heterocycles. The third kappa shape index (κ3) is 5.09. The SMILES string of the molecule is C[PH](=O)OC1C[CH-]CC(O)C1.[Y]. The van der Waals surface area contributed by atoms with Crippen molar-refractivity contribution in [3.8, 4) is 0 Å². The molecule has 0 aromatic rings. The Bertz CT molecular complexity index is 154. The monoisotopic (exact) mass is 266 g/mol. The molecular formula is C7H14O3PY-. The Morgan fingerprint density at radius 1 is 1.58 bits per heavy atom. The summed E-state index contributed by atoms with van der Waals surface area (Å²) in [5.74, 6) is 0. The van der Waals surface area contributed by atoms with Gasteiger partial charge < -0.3 is 16.1 Å². The minimum atomic E-state index is -1.84. The third-order valence-corrected chi connectivity index (χ3v) is 2.40. The first-order valence-corrected chi connectivity index (χ1v) is 5.67. The van der Waals surface area contributed by atoms with Crippen LogP contribution in [0.4, 0.5) is 0 Å². The average Bonchev–Trinajstić information content (AvgIpc) is 1.85. The number of hydrogen-bond donors (Lipinski definition) is 1. The first-order chi connectivity index (χ1) is 5.18. The van der Waals surface area contributed by atoms with Gasteiger partial charge in [-0.1, -0.05) is 0 Å². The molecule has 1 rings (SSSR count). The molecule has 1 radical (unpaired) electrons. The van der Waals surface area contributed by atoms with Crippen LogP contribution in [0.5, 0.6) is 0 Å². The zero-order valence-corrected chi connectivity index (χ0v) is 11.0. The van der Waals surface area contributed by atoms with Gasteiger partial charge in [-0.05, 0) is 6.42 Å². The first-order valence-electron chi connectivity index (χ1n) is 3.85. The quantitative estimate of drug-likeness (QED) is 0.604. The minimum Gasteiger partial charge on any atom is -0.396 e. The van der Waals surface area contributed by atoms with Gasteiger partial charge in [0.1, 0.15) is 0 Å². The van der Waals surface area contributed by atoms with Crippen molar-refractivity contribution in [1.82, 2.24) is 0 Å². The van der Waals surface area contributed by atoms with Gasteiger partial charge in [0.15, 0.2) is 8.03 Å². The van der Waals surface area contributed by atoms with Gasteiger partial charge in [0.2, 0.25) is 0 Å². The molecule has 0 bridgehead atoms. The molecule has 0 amide bonds. The maximum Gasteiger partial charge on any atom is 0.188 e. The molecule has 3 unspecified atom stereocenters. The molecule has 1 N–H and O–H groups in total. The van der Waals surface area contributed by atoms with Crippen molar-refractivity contribution < 1.29 is 46.9 Å². The second-order valence-electron chi connectivity index (χ2n) is 2.88. The molecule has 3 nitrogen and oxygen atoms in total. The number of aliphatic hydroxyl groups is 1. The van der Waals surface area contributed by atoms with Crippen LogP contribution >= 0.6 is 8.03 Å². The van der Waals surface area contributed by atoms with Crippen molar-refractivity contribution in [2.75, 3.05) is 6.66 Å². The van der Waals surface area contributed by atoms with Gasteiger partial charge in [-0.15, -0.1) is 0 Å². The molecule has 1 saturated carbocycles. The van der Waals surface area contributed by atoms with Crippen LogP contribution in [0.25, 0.3) is 0 Å². The summed E-state index contributed by atoms with van der Waals surface area (Å²) in [6, 6.07) is 0. The Kier molecular flexibility index (Phi) is 7.37. The summed E-state index contributed by atoms with van der Waals surface area (Å²) in [5, 5.41) is 9.19. The molecule has 3 atom stereocenters. The molecule has 1 fully saturated rings. The van der Waals surface area contributed by atoms with Gasteiger partial charge in [0, 0.05) is 51.6 Å². The van der Waals surface area contributed by atoms with Crippen molar-refractivity contribution in [2.45, 2.75) is 31.5 Å². The molecule has 0 heterocycles. The number of rotatable bonds is 2. The molecule has 12 heavy (non-hydrogen) atoms. The fraction of sp³-hybridized carbons (Fsp3) is 0.857. The van der Waals surface area contributed by atoms with E-state index in [2.05, 4.69) is 0 Å². The van der Waals surface area contributed by atoms with Crippen LogP contribution in [0, 0.1) is 6.42 Å². The van der Waals surface area contributed by atoms with Crippen LogP contribution in [0.3, 0.4) is 0 Å². The van der Waals surface area contributed by atoms with Crippen LogP contribution in [0.1, 0.15) is 19.3 Å². The van der Waals surface area contributed by atoms with Crippen molar-refractivity contribution in [1.29, 1.82) is 0 Å². The summed E-state index contributed by atoms with van der Waals surface area (Å²) in [5.41, 5.74) is 0. The summed E-state index contributed by atoms with van der Waals surface area (Å²) in [6.45, 7) is 1.58. The van der Waals surface area contributed by atoms with E-state index in [1.54, 1.807) is 6.66 Å². The molecule has 1 aliphatic rings. The molecule has 1 aliphatic carbocycles. The summed E-state index contributed by atoms with van der Waals surface area (Å²) < 4.78 is 15.8. The average molecular weight is 266 g/mol. The van der Waals surface area contributed by atoms with Gasteiger partial charge in [-0.2, -0.15) is 12.8 Å². The topological polar surface area (TPSA) is 46.5 Å². The van der Waals surface area contributed by atoms with Gasteiger partial charge in [0.05, 0.1) is 0 Å². The normalized spacial score (nSPS) is 32.2. The van der Waals surface area contributed by atoms with Crippen LogP contribution in [-0.4, -0.2) is 24.0 Å². The molecule has 0 aromatic heterocycles. The van der Waals surface area contributed by atoms with Crippen molar-refractivity contribution in [3.05, 3.63) is 6.42 Å². The van der Waals surface area contributed by atoms with E-state index in [0.29, 0.717) is 6.42 Å². The van der Waals surface area contributed by atoms with E-state index in [1.165, 1.54) is 0 Å². The largest absolute Gasteiger partial charge is 0.396 e. The molecule has 5 heteroatoms. The third-order valence-electron chi connectivity index (χ3n) is 1.74. The van der Waals surface area contributed by atoms with E-state index in [-0.39, 0.29) is 44.9 Å². The molecule has 0 saturated heterocycles. The zero-order valence-electron chi connectivity index (χ0n) is 7.19. The van der Waals surface area contributed by atoms with Crippen LogP contribution < -0.4 is 0 Å². The fourth-order valence-electron chi connectivity index (χ4n) is 1.30. The maximum absolute atomic E-state index is 10.7. The Morgan fingerprint density at radius 3 is 2.75 bits per heavy atom. The van der Waals surface area contributed by atoms with Gasteiger partial charge in [0.25, 0.3) is 0 Å².